The van der Waals surface area contributed by atoms with Crippen molar-refractivity contribution in [2.75, 3.05) is 6.54 Å². The van der Waals surface area contributed by atoms with Gasteiger partial charge in [0.15, 0.2) is 0 Å². The fourth-order valence-corrected chi connectivity index (χ4v) is 2.20. The Morgan fingerprint density at radius 1 is 0.625 bits per heavy atom. The van der Waals surface area contributed by atoms with Crippen LogP contribution in [-0.2, 0) is 4.79 Å². The fraction of sp³-hybridized carbons (Fsp3) is 0.769. The SMILES string of the molecule is C=CC(=O)N1CC1C(F)(F)C(F)(F)C(F)(F)C(F)(F)C(F)(F)C(F)(F)C(F)(F)C(F)(F)F. The van der Waals surface area contributed by atoms with Crippen LogP contribution < -0.4 is 0 Å². The van der Waals surface area contributed by atoms with Crippen LogP contribution in [0.3, 0.4) is 0 Å². The molecular formula is C13H6F17NO. The second-order valence-corrected chi connectivity index (χ2v) is 6.28. The maximum atomic E-state index is 13.7. The minimum absolute atomic E-state index is 0.134. The number of hydrogen-bond donors (Lipinski definition) is 0. The summed E-state index contributed by atoms with van der Waals surface area (Å²) in [5, 5.41) is 0. The van der Waals surface area contributed by atoms with Crippen LogP contribution in [0.2, 0.25) is 0 Å². The average molecular weight is 515 g/mol. The minimum atomic E-state index is -8.66. The Balaban J connectivity index is 3.56. The fourth-order valence-electron chi connectivity index (χ4n) is 2.20. The zero-order valence-corrected chi connectivity index (χ0v) is 14.3. The van der Waals surface area contributed by atoms with Crippen LogP contribution in [0.5, 0.6) is 0 Å². The smallest absolute Gasteiger partial charge is 0.326 e. The Bertz CT molecular complexity index is 767. The highest BCUT2D eigenvalue weighted by Crippen LogP contribution is 2.64. The summed E-state index contributed by atoms with van der Waals surface area (Å²) < 4.78 is 222. The third-order valence-corrected chi connectivity index (χ3v) is 4.23. The molecule has 1 aliphatic rings. The summed E-state index contributed by atoms with van der Waals surface area (Å²) in [7, 11) is 0. The van der Waals surface area contributed by atoms with Gasteiger partial charge in [-0.2, -0.15) is 74.6 Å². The zero-order valence-electron chi connectivity index (χ0n) is 14.3. The van der Waals surface area contributed by atoms with Gasteiger partial charge in [0.1, 0.15) is 6.04 Å². The second-order valence-electron chi connectivity index (χ2n) is 6.28. The molecule has 0 bridgehead atoms. The third-order valence-electron chi connectivity index (χ3n) is 4.23. The van der Waals surface area contributed by atoms with Crippen molar-refractivity contribution in [3.63, 3.8) is 0 Å². The largest absolute Gasteiger partial charge is 0.460 e. The van der Waals surface area contributed by atoms with E-state index in [9.17, 15) is 79.4 Å². The molecule has 2 nitrogen and oxygen atoms in total. The summed E-state index contributed by atoms with van der Waals surface area (Å²) in [6.45, 7) is 1.08. The van der Waals surface area contributed by atoms with Crippen LogP contribution in [0.25, 0.3) is 0 Å². The van der Waals surface area contributed by atoms with Gasteiger partial charge in [-0.05, 0) is 6.08 Å². The van der Waals surface area contributed by atoms with E-state index in [1.807, 2.05) is 0 Å². The molecule has 0 radical (unpaired) electrons. The number of halogens is 17. The molecule has 0 aromatic rings. The Labute approximate surface area is 164 Å². The van der Waals surface area contributed by atoms with E-state index in [0.29, 0.717) is 0 Å². The van der Waals surface area contributed by atoms with E-state index in [1.165, 1.54) is 0 Å². The van der Waals surface area contributed by atoms with E-state index < -0.39 is 71.0 Å². The maximum Gasteiger partial charge on any atom is 0.460 e. The molecule has 1 unspecified atom stereocenters. The van der Waals surface area contributed by atoms with Gasteiger partial charge in [0.05, 0.1) is 0 Å². The summed E-state index contributed by atoms with van der Waals surface area (Å²) >= 11 is 0. The lowest BCUT2D eigenvalue weighted by Crippen LogP contribution is -2.75. The molecule has 1 heterocycles. The van der Waals surface area contributed by atoms with Gasteiger partial charge in [0.25, 0.3) is 0 Å². The lowest BCUT2D eigenvalue weighted by atomic mass is 9.88. The first-order valence-electron chi connectivity index (χ1n) is 7.36. The first kappa shape index (κ1) is 28.1. The predicted molar refractivity (Wildman–Crippen MR) is 66.4 cm³/mol. The predicted octanol–water partition coefficient (Wildman–Crippen LogP) is 5.39. The van der Waals surface area contributed by atoms with Crippen LogP contribution in [-0.4, -0.2) is 71.0 Å². The minimum Gasteiger partial charge on any atom is -0.326 e. The number of rotatable bonds is 8. The van der Waals surface area contributed by atoms with Gasteiger partial charge in [-0.25, -0.2) is 0 Å². The van der Waals surface area contributed by atoms with Crippen LogP contribution in [0.1, 0.15) is 0 Å². The number of hydrogen-bond acceptors (Lipinski definition) is 1. The van der Waals surface area contributed by atoms with E-state index >= 15 is 0 Å². The highest BCUT2D eigenvalue weighted by atomic mass is 19.4. The van der Waals surface area contributed by atoms with Gasteiger partial charge in [0, 0.05) is 6.54 Å². The summed E-state index contributed by atoms with van der Waals surface area (Å²) in [5.41, 5.74) is 0. The van der Waals surface area contributed by atoms with Crippen LogP contribution in [0.4, 0.5) is 74.6 Å². The van der Waals surface area contributed by atoms with Gasteiger partial charge in [-0.1, -0.05) is 6.58 Å². The molecule has 0 aliphatic carbocycles. The molecule has 1 saturated heterocycles. The molecule has 1 atom stereocenters. The zero-order chi connectivity index (χ0) is 26.1. The lowest BCUT2D eigenvalue weighted by molar-refractivity contribution is -0.461. The van der Waals surface area contributed by atoms with Crippen LogP contribution in [0, 0.1) is 0 Å². The van der Waals surface area contributed by atoms with Crippen LogP contribution in [0.15, 0.2) is 12.7 Å². The van der Waals surface area contributed by atoms with Gasteiger partial charge < -0.3 is 4.90 Å². The topological polar surface area (TPSA) is 20.1 Å². The molecule has 188 valence electrons. The van der Waals surface area contributed by atoms with E-state index in [2.05, 4.69) is 6.58 Å². The maximum absolute atomic E-state index is 13.7. The van der Waals surface area contributed by atoms with E-state index in [4.69, 9.17) is 0 Å². The monoisotopic (exact) mass is 515 g/mol. The molecule has 0 aromatic carbocycles. The quantitative estimate of drug-likeness (QED) is 0.241. The number of carbonyl (C=O) groups is 1. The van der Waals surface area contributed by atoms with E-state index in [0.717, 1.165) is 0 Å². The first-order chi connectivity index (χ1) is 13.7. The van der Waals surface area contributed by atoms with Crippen molar-refractivity contribution in [2.45, 2.75) is 53.7 Å². The highest BCUT2D eigenvalue weighted by molar-refractivity contribution is 5.89. The van der Waals surface area contributed by atoms with Gasteiger partial charge in [0.2, 0.25) is 5.91 Å². The number of nitrogens with zero attached hydrogens (tertiary/aromatic N) is 1. The molecule has 0 spiro atoms. The lowest BCUT2D eigenvalue weighted by Gasteiger charge is -2.42. The molecule has 1 rings (SSSR count). The van der Waals surface area contributed by atoms with Gasteiger partial charge in [-0.15, -0.1) is 0 Å². The van der Waals surface area contributed by atoms with Crippen molar-refractivity contribution in [3.8, 4) is 0 Å². The Morgan fingerprint density at radius 3 is 1.25 bits per heavy atom. The molecule has 1 amide bonds. The molecule has 1 aliphatic heterocycles. The van der Waals surface area contributed by atoms with E-state index in [1.54, 1.807) is 0 Å². The van der Waals surface area contributed by atoms with Crippen LogP contribution >= 0.6 is 0 Å². The Morgan fingerprint density at radius 2 is 0.938 bits per heavy atom. The molecule has 0 N–H and O–H groups in total. The van der Waals surface area contributed by atoms with Crippen molar-refractivity contribution in [1.29, 1.82) is 0 Å². The molecule has 32 heavy (non-hydrogen) atoms. The first-order valence-corrected chi connectivity index (χ1v) is 7.36. The number of alkyl halides is 17. The third kappa shape index (κ3) is 3.28. The molecule has 0 aromatic heterocycles. The number of amides is 1. The standard InChI is InChI=1S/C13H6F17NO/c1-2-5(32)31-3-4(31)6(14,15)7(16,17)8(18,19)9(20,21)10(22,23)11(24,25)12(26,27)13(28,29)30/h2,4H,1,3H2. The van der Waals surface area contributed by atoms with E-state index in [-0.39, 0.29) is 6.08 Å². The summed E-state index contributed by atoms with van der Waals surface area (Å²) in [5.74, 6) is -58.4. The van der Waals surface area contributed by atoms with Crippen molar-refractivity contribution >= 4 is 5.91 Å². The molecule has 19 heteroatoms. The van der Waals surface area contributed by atoms with Crippen molar-refractivity contribution in [1.82, 2.24) is 4.90 Å². The summed E-state index contributed by atoms with van der Waals surface area (Å²) in [6.07, 6.45) is -7.66. The van der Waals surface area contributed by atoms with Gasteiger partial charge >= 0.3 is 47.6 Å². The van der Waals surface area contributed by atoms with Crippen molar-refractivity contribution in [2.24, 2.45) is 0 Å². The molecular weight excluding hydrogens is 509 g/mol. The molecule has 1 fully saturated rings. The second kappa shape index (κ2) is 7.01. The highest BCUT2D eigenvalue weighted by Gasteiger charge is 2.96. The summed E-state index contributed by atoms with van der Waals surface area (Å²) in [4.78, 5) is 10.6. The Hall–Kier alpha value is -1.98. The number of carbonyl (C=O) groups excluding carboxylic acids is 1. The Kier molecular flexibility index (Phi) is 6.14. The summed E-state index contributed by atoms with van der Waals surface area (Å²) in [6, 6.07) is -3.39. The average Bonchev–Trinajstić information content (AvgIpc) is 3.40. The van der Waals surface area contributed by atoms with Gasteiger partial charge in [-0.3, -0.25) is 4.79 Å². The normalized spacial score (nSPS) is 19.8. The molecule has 0 saturated carbocycles. The van der Waals surface area contributed by atoms with Crippen molar-refractivity contribution < 1.29 is 79.4 Å². The van der Waals surface area contributed by atoms with Crippen molar-refractivity contribution in [3.05, 3.63) is 12.7 Å².